The second-order valence-corrected chi connectivity index (χ2v) is 9.42. The third kappa shape index (κ3) is 6.91. The van der Waals surface area contributed by atoms with Crippen LogP contribution in [0.4, 0.5) is 5.69 Å². The third-order valence-electron chi connectivity index (χ3n) is 6.24. The van der Waals surface area contributed by atoms with Gasteiger partial charge in [0.1, 0.15) is 12.4 Å². The van der Waals surface area contributed by atoms with E-state index in [1.165, 1.54) is 0 Å². The van der Waals surface area contributed by atoms with Crippen LogP contribution in [0.1, 0.15) is 18.4 Å². The number of piperazine rings is 1. The normalized spacial score (nSPS) is 15.5. The summed E-state index contributed by atoms with van der Waals surface area (Å²) in [4.78, 5) is 17.2. The zero-order valence-electron chi connectivity index (χ0n) is 20.0. The maximum Gasteiger partial charge on any atom is 0.250 e. The first-order chi connectivity index (χ1) is 17.6. The lowest BCUT2D eigenvalue weighted by Gasteiger charge is -2.36. The summed E-state index contributed by atoms with van der Waals surface area (Å²) < 4.78 is 16.8. The molecule has 1 amide bonds. The van der Waals surface area contributed by atoms with Gasteiger partial charge in [0, 0.05) is 43.3 Å². The number of nitrogens with one attached hydrogen (secondary N) is 1. The number of amides is 1. The lowest BCUT2D eigenvalue weighted by molar-refractivity contribution is -0.117. The molecule has 2 aliphatic rings. The molecule has 0 unspecified atom stereocenters. The first-order valence-electron chi connectivity index (χ1n) is 12.0. The third-order valence-corrected chi connectivity index (χ3v) is 6.70. The van der Waals surface area contributed by atoms with Crippen LogP contribution in [0.25, 0.3) is 6.08 Å². The number of benzene rings is 2. The molecule has 0 saturated carbocycles. The minimum atomic E-state index is -0.0930. The van der Waals surface area contributed by atoms with Crippen molar-refractivity contribution in [3.63, 3.8) is 0 Å². The molecule has 2 aromatic rings. The van der Waals surface area contributed by atoms with E-state index in [1.54, 1.807) is 12.1 Å². The molecule has 0 aromatic heterocycles. The van der Waals surface area contributed by atoms with Crippen molar-refractivity contribution in [3.8, 4) is 17.2 Å². The van der Waals surface area contributed by atoms with Crippen molar-refractivity contribution in [2.45, 2.75) is 12.8 Å². The second-order valence-electron chi connectivity index (χ2n) is 8.54. The Kier molecular flexibility index (Phi) is 9.87. The summed E-state index contributed by atoms with van der Waals surface area (Å²) in [6, 6.07) is 11.3. The van der Waals surface area contributed by atoms with Crippen LogP contribution in [0.15, 0.2) is 42.0 Å². The molecule has 2 heterocycles. The summed E-state index contributed by atoms with van der Waals surface area (Å²) in [6.07, 6.45) is 3.77. The van der Waals surface area contributed by atoms with Gasteiger partial charge in [-0.15, -0.1) is 0 Å². The first-order valence-corrected chi connectivity index (χ1v) is 13.4. The molecule has 1 N–H and O–H groups in total. The van der Waals surface area contributed by atoms with Gasteiger partial charge in [-0.05, 0) is 55.8 Å². The topological polar surface area (TPSA) is 63.3 Å². The number of unbranched alkanes of at least 4 members (excludes halogenated alkanes) is 1. The second kappa shape index (κ2) is 13.3. The van der Waals surface area contributed by atoms with Crippen LogP contribution in [0, 0.1) is 0 Å². The molecule has 1 saturated heterocycles. The standard InChI is InChI=1S/C26H30Cl3N3O4/c27-17-35-24-5-3-4-22(25(24)36-18-28)32-12-10-31(11-13-32)9-2-1-8-30-26(33)20-14-19-15-21(29)6-7-23(19)34-16-20/h3-7,14-15H,1-2,8-13,16-18H2,(H,30,33). The van der Waals surface area contributed by atoms with Gasteiger partial charge in [0.25, 0.3) is 5.91 Å². The average Bonchev–Trinajstić information content (AvgIpc) is 2.89. The molecule has 194 valence electrons. The molecular weight excluding hydrogens is 525 g/mol. The highest BCUT2D eigenvalue weighted by Crippen LogP contribution is 2.38. The van der Waals surface area contributed by atoms with Crippen molar-refractivity contribution in [2.75, 3.05) is 62.9 Å². The lowest BCUT2D eigenvalue weighted by Crippen LogP contribution is -2.46. The van der Waals surface area contributed by atoms with Crippen molar-refractivity contribution >= 4 is 52.5 Å². The van der Waals surface area contributed by atoms with Crippen LogP contribution in [0.3, 0.4) is 0 Å². The Labute approximate surface area is 226 Å². The van der Waals surface area contributed by atoms with Gasteiger partial charge in [-0.25, -0.2) is 0 Å². The molecule has 2 aromatic carbocycles. The number of carbonyl (C=O) groups excluding carboxylic acids is 1. The number of para-hydroxylation sites is 1. The average molecular weight is 555 g/mol. The number of alkyl halides is 2. The fourth-order valence-electron chi connectivity index (χ4n) is 4.39. The van der Waals surface area contributed by atoms with E-state index in [0.29, 0.717) is 28.6 Å². The van der Waals surface area contributed by atoms with E-state index in [1.807, 2.05) is 30.3 Å². The van der Waals surface area contributed by atoms with E-state index >= 15 is 0 Å². The summed E-state index contributed by atoms with van der Waals surface area (Å²) in [6.45, 7) is 5.52. The number of ether oxygens (including phenoxy) is 3. The molecular formula is C26H30Cl3N3O4. The highest BCUT2D eigenvalue weighted by molar-refractivity contribution is 6.30. The van der Waals surface area contributed by atoms with Crippen LogP contribution in [0.2, 0.25) is 5.02 Å². The van der Waals surface area contributed by atoms with E-state index in [4.69, 9.17) is 49.0 Å². The molecule has 10 heteroatoms. The molecule has 0 spiro atoms. The van der Waals surface area contributed by atoms with Gasteiger partial charge in [0.2, 0.25) is 0 Å². The van der Waals surface area contributed by atoms with Crippen molar-refractivity contribution in [2.24, 2.45) is 0 Å². The van der Waals surface area contributed by atoms with Gasteiger partial charge in [-0.1, -0.05) is 40.9 Å². The van der Waals surface area contributed by atoms with Gasteiger partial charge in [-0.2, -0.15) is 0 Å². The Morgan fingerprint density at radius 3 is 2.61 bits per heavy atom. The van der Waals surface area contributed by atoms with Gasteiger partial charge in [-0.3, -0.25) is 9.69 Å². The highest BCUT2D eigenvalue weighted by atomic mass is 35.5. The van der Waals surface area contributed by atoms with Gasteiger partial charge in [0.15, 0.2) is 23.6 Å². The van der Waals surface area contributed by atoms with Gasteiger partial charge in [0.05, 0.1) is 11.3 Å². The number of nitrogens with zero attached hydrogens (tertiary/aromatic N) is 2. The highest BCUT2D eigenvalue weighted by Gasteiger charge is 2.22. The van der Waals surface area contributed by atoms with E-state index in [9.17, 15) is 4.79 Å². The minimum Gasteiger partial charge on any atom is -0.488 e. The molecule has 36 heavy (non-hydrogen) atoms. The van der Waals surface area contributed by atoms with Crippen LogP contribution >= 0.6 is 34.8 Å². The molecule has 7 nitrogen and oxygen atoms in total. The number of halogens is 3. The Morgan fingerprint density at radius 1 is 1.03 bits per heavy atom. The molecule has 0 atom stereocenters. The number of fused-ring (bicyclic) bond motifs is 1. The number of hydrogen-bond donors (Lipinski definition) is 1. The quantitative estimate of drug-likeness (QED) is 0.312. The van der Waals surface area contributed by atoms with E-state index in [0.717, 1.165) is 62.6 Å². The molecule has 1 fully saturated rings. The molecule has 0 bridgehead atoms. The molecule has 0 radical (unpaired) electrons. The Morgan fingerprint density at radius 2 is 1.83 bits per heavy atom. The van der Waals surface area contributed by atoms with Crippen LogP contribution in [0.5, 0.6) is 17.2 Å². The number of hydrogen-bond acceptors (Lipinski definition) is 6. The van der Waals surface area contributed by atoms with E-state index in [-0.39, 0.29) is 24.6 Å². The Hall–Kier alpha value is -2.32. The maximum atomic E-state index is 12.5. The molecule has 2 aliphatic heterocycles. The van der Waals surface area contributed by atoms with Crippen molar-refractivity contribution in [1.29, 1.82) is 0 Å². The fraction of sp³-hybridized carbons (Fsp3) is 0.423. The van der Waals surface area contributed by atoms with Gasteiger partial charge >= 0.3 is 0 Å². The smallest absolute Gasteiger partial charge is 0.250 e. The lowest BCUT2D eigenvalue weighted by atomic mass is 10.1. The summed E-state index contributed by atoms with van der Waals surface area (Å²) in [5.41, 5.74) is 2.41. The Bertz CT molecular complexity index is 1070. The van der Waals surface area contributed by atoms with Crippen molar-refractivity contribution in [3.05, 3.63) is 52.6 Å². The molecule has 0 aliphatic carbocycles. The maximum absolute atomic E-state index is 12.5. The number of rotatable bonds is 11. The Balaban J connectivity index is 1.18. The summed E-state index contributed by atoms with van der Waals surface area (Å²) >= 11 is 17.6. The van der Waals surface area contributed by atoms with Crippen molar-refractivity contribution in [1.82, 2.24) is 10.2 Å². The summed E-state index contributed by atoms with van der Waals surface area (Å²) in [5.74, 6) is 1.87. The predicted molar refractivity (Wildman–Crippen MR) is 145 cm³/mol. The molecule has 4 rings (SSSR count). The van der Waals surface area contributed by atoms with E-state index < -0.39 is 0 Å². The largest absolute Gasteiger partial charge is 0.488 e. The fourth-order valence-corrected chi connectivity index (χ4v) is 4.80. The zero-order valence-corrected chi connectivity index (χ0v) is 22.2. The zero-order chi connectivity index (χ0) is 25.3. The summed E-state index contributed by atoms with van der Waals surface area (Å²) in [5, 5.41) is 3.62. The van der Waals surface area contributed by atoms with Crippen molar-refractivity contribution < 1.29 is 19.0 Å². The van der Waals surface area contributed by atoms with Gasteiger partial charge < -0.3 is 24.4 Å². The predicted octanol–water partition coefficient (Wildman–Crippen LogP) is 4.98. The van der Waals surface area contributed by atoms with Crippen LogP contribution < -0.4 is 24.4 Å². The van der Waals surface area contributed by atoms with Crippen LogP contribution in [-0.2, 0) is 4.79 Å². The SMILES string of the molecule is O=C(NCCCCN1CCN(c2cccc(OCCl)c2OCCl)CC1)C1=Cc2cc(Cl)ccc2OC1. The minimum absolute atomic E-state index is 0.0398. The number of carbonyl (C=O) groups is 1. The monoisotopic (exact) mass is 553 g/mol. The number of anilines is 1. The first kappa shape index (κ1) is 26.7. The summed E-state index contributed by atoms with van der Waals surface area (Å²) in [7, 11) is 0. The van der Waals surface area contributed by atoms with Crippen LogP contribution in [-0.4, -0.2) is 68.8 Å². The van der Waals surface area contributed by atoms with E-state index in [2.05, 4.69) is 15.1 Å².